The van der Waals surface area contributed by atoms with Crippen molar-refractivity contribution in [2.24, 2.45) is 0 Å². The highest BCUT2D eigenvalue weighted by molar-refractivity contribution is 5.99. The second kappa shape index (κ2) is 11.4. The summed E-state index contributed by atoms with van der Waals surface area (Å²) in [6.07, 6.45) is -2.84. The van der Waals surface area contributed by atoms with E-state index in [4.69, 9.17) is 4.74 Å². The topological polar surface area (TPSA) is 77.4 Å². The minimum absolute atomic E-state index is 0.0164. The Morgan fingerprint density at radius 1 is 0.976 bits per heavy atom. The van der Waals surface area contributed by atoms with Crippen LogP contribution in [0.2, 0.25) is 0 Å². The number of hydrogen-bond acceptors (Lipinski definition) is 4. The average molecular weight is 565 g/mol. The highest BCUT2D eigenvalue weighted by Gasteiger charge is 2.30. The molecule has 1 atom stereocenters. The van der Waals surface area contributed by atoms with Gasteiger partial charge in [0.15, 0.2) is 5.78 Å². The number of alkyl halides is 3. The van der Waals surface area contributed by atoms with Gasteiger partial charge in [-0.15, -0.1) is 0 Å². The van der Waals surface area contributed by atoms with Crippen molar-refractivity contribution in [1.29, 1.82) is 0 Å². The van der Waals surface area contributed by atoms with Gasteiger partial charge in [0.25, 0.3) is 5.56 Å². The molecule has 0 bridgehead atoms. The van der Waals surface area contributed by atoms with E-state index in [2.05, 4.69) is 5.32 Å². The first-order valence-corrected chi connectivity index (χ1v) is 12.8. The van der Waals surface area contributed by atoms with Gasteiger partial charge in [0.05, 0.1) is 30.7 Å². The van der Waals surface area contributed by atoms with Crippen LogP contribution in [0.25, 0.3) is 0 Å². The Bertz CT molecular complexity index is 1640. The molecular weight excluding hydrogens is 540 g/mol. The number of carbonyl (C=O) groups excluding carboxylic acids is 2. The first-order chi connectivity index (χ1) is 19.6. The molecule has 1 amide bonds. The summed E-state index contributed by atoms with van der Waals surface area (Å²) in [5, 5.41) is 2.75. The van der Waals surface area contributed by atoms with Gasteiger partial charge in [0.1, 0.15) is 11.6 Å². The Kier molecular flexibility index (Phi) is 7.74. The predicted molar refractivity (Wildman–Crippen MR) is 144 cm³/mol. The number of ether oxygens (including phenoxy) is 1. The third-order valence-electron chi connectivity index (χ3n) is 6.89. The minimum atomic E-state index is -4.47. The van der Waals surface area contributed by atoms with Crippen molar-refractivity contribution in [2.75, 3.05) is 11.9 Å². The number of halogens is 4. The van der Waals surface area contributed by atoms with Gasteiger partial charge in [0.2, 0.25) is 5.91 Å². The smallest absolute Gasteiger partial charge is 0.416 e. The Balaban J connectivity index is 1.34. The number of carbonyl (C=O) groups is 2. The van der Waals surface area contributed by atoms with Gasteiger partial charge in [-0.25, -0.2) is 4.39 Å². The quantitative estimate of drug-likeness (QED) is 0.200. The van der Waals surface area contributed by atoms with E-state index in [0.717, 1.165) is 17.7 Å². The van der Waals surface area contributed by atoms with Crippen LogP contribution in [0.3, 0.4) is 0 Å². The van der Waals surface area contributed by atoms with Gasteiger partial charge < -0.3 is 14.6 Å². The summed E-state index contributed by atoms with van der Waals surface area (Å²) in [5.74, 6) is -1.07. The van der Waals surface area contributed by atoms with E-state index in [9.17, 15) is 31.9 Å². The SMILES string of the molecule is O=C1Cc2ccc(OCC(CC(=O)c3cccn(Cc4ccc(C(F)(F)F)cc4)c3=O)c3ccc(F)cc3)cc2N1. The molecule has 210 valence electrons. The molecule has 1 aliphatic rings. The predicted octanol–water partition coefficient (Wildman–Crippen LogP) is 5.98. The number of Topliss-reactive ketones (excluding diaryl/α,β-unsaturated/α-hetero) is 1. The van der Waals surface area contributed by atoms with Crippen LogP contribution < -0.4 is 15.6 Å². The van der Waals surface area contributed by atoms with E-state index < -0.39 is 34.8 Å². The van der Waals surface area contributed by atoms with Crippen molar-refractivity contribution in [1.82, 2.24) is 4.57 Å². The second-order valence-corrected chi connectivity index (χ2v) is 9.78. The van der Waals surface area contributed by atoms with E-state index in [1.807, 2.05) is 0 Å². The molecule has 1 unspecified atom stereocenters. The van der Waals surface area contributed by atoms with E-state index in [0.29, 0.717) is 22.6 Å². The number of pyridine rings is 1. The molecule has 6 nitrogen and oxygen atoms in total. The monoisotopic (exact) mass is 564 g/mol. The van der Waals surface area contributed by atoms with Gasteiger partial charge in [-0.1, -0.05) is 30.3 Å². The maximum Gasteiger partial charge on any atom is 0.416 e. The molecule has 3 aromatic carbocycles. The van der Waals surface area contributed by atoms with Crippen LogP contribution in [0.1, 0.15) is 45.0 Å². The zero-order valence-corrected chi connectivity index (χ0v) is 21.6. The van der Waals surface area contributed by atoms with Crippen LogP contribution >= 0.6 is 0 Å². The molecule has 1 aliphatic heterocycles. The Hall–Kier alpha value is -4.73. The van der Waals surface area contributed by atoms with E-state index >= 15 is 0 Å². The molecule has 0 aliphatic carbocycles. The summed E-state index contributed by atoms with van der Waals surface area (Å²) < 4.78 is 59.5. The molecule has 0 saturated heterocycles. The molecule has 0 spiro atoms. The van der Waals surface area contributed by atoms with Crippen molar-refractivity contribution < 1.29 is 31.9 Å². The maximum atomic E-state index is 13.6. The fourth-order valence-corrected chi connectivity index (χ4v) is 4.69. The molecule has 0 radical (unpaired) electrons. The third kappa shape index (κ3) is 6.54. The lowest BCUT2D eigenvalue weighted by molar-refractivity contribution is -0.137. The van der Waals surface area contributed by atoms with Gasteiger partial charge in [0, 0.05) is 30.3 Å². The van der Waals surface area contributed by atoms with E-state index in [1.54, 1.807) is 30.3 Å². The summed E-state index contributed by atoms with van der Waals surface area (Å²) in [6, 6.07) is 18.2. The van der Waals surface area contributed by atoms with Crippen molar-refractivity contribution in [3.8, 4) is 5.75 Å². The molecule has 2 heterocycles. The Morgan fingerprint density at radius 3 is 2.41 bits per heavy atom. The number of anilines is 1. The fourth-order valence-electron chi connectivity index (χ4n) is 4.69. The zero-order chi connectivity index (χ0) is 29.1. The molecule has 1 N–H and O–H groups in total. The highest BCUT2D eigenvalue weighted by atomic mass is 19.4. The van der Waals surface area contributed by atoms with Gasteiger partial charge in [-0.05, 0) is 59.2 Å². The Morgan fingerprint density at radius 2 is 1.71 bits per heavy atom. The Labute approximate surface area is 232 Å². The number of hydrogen-bond donors (Lipinski definition) is 1. The second-order valence-electron chi connectivity index (χ2n) is 9.78. The maximum absolute atomic E-state index is 13.6. The molecule has 0 saturated carbocycles. The molecule has 0 fully saturated rings. The first-order valence-electron chi connectivity index (χ1n) is 12.8. The number of benzene rings is 3. The van der Waals surface area contributed by atoms with Crippen LogP contribution in [0.5, 0.6) is 5.75 Å². The summed E-state index contributed by atoms with van der Waals surface area (Å²) in [7, 11) is 0. The van der Waals surface area contributed by atoms with Gasteiger partial charge >= 0.3 is 6.18 Å². The third-order valence-corrected chi connectivity index (χ3v) is 6.89. The summed E-state index contributed by atoms with van der Waals surface area (Å²) >= 11 is 0. The van der Waals surface area contributed by atoms with E-state index in [-0.39, 0.29) is 37.5 Å². The number of amides is 1. The molecule has 41 heavy (non-hydrogen) atoms. The van der Waals surface area contributed by atoms with Crippen LogP contribution in [0.4, 0.5) is 23.2 Å². The molecule has 1 aromatic heterocycles. The molecular formula is C31H24F4N2O4. The molecule has 4 aromatic rings. The standard InChI is InChI=1S/C31H24F4N2O4/c32-24-10-5-20(6-11-24)22(18-41-25-12-7-21-15-29(39)36-27(21)16-25)14-28(38)26-2-1-13-37(30(26)40)17-19-3-8-23(9-4-19)31(33,34)35/h1-13,16,22H,14-15,17-18H2,(H,36,39). The number of ketones is 1. The number of fused-ring (bicyclic) bond motifs is 1. The van der Waals surface area contributed by atoms with Crippen molar-refractivity contribution in [3.05, 3.63) is 129 Å². The lowest BCUT2D eigenvalue weighted by Gasteiger charge is -2.18. The zero-order valence-electron chi connectivity index (χ0n) is 21.6. The average Bonchev–Trinajstić information content (AvgIpc) is 3.31. The van der Waals surface area contributed by atoms with Crippen LogP contribution in [0, 0.1) is 5.82 Å². The van der Waals surface area contributed by atoms with Crippen LogP contribution in [0.15, 0.2) is 89.9 Å². The highest BCUT2D eigenvalue weighted by Crippen LogP contribution is 2.30. The van der Waals surface area contributed by atoms with Crippen molar-refractivity contribution >= 4 is 17.4 Å². The van der Waals surface area contributed by atoms with Gasteiger partial charge in [-0.3, -0.25) is 14.4 Å². The van der Waals surface area contributed by atoms with E-state index in [1.165, 1.54) is 47.2 Å². The van der Waals surface area contributed by atoms with Crippen LogP contribution in [-0.4, -0.2) is 22.9 Å². The largest absolute Gasteiger partial charge is 0.493 e. The normalized spacial score (nSPS) is 13.4. The fraction of sp³-hybridized carbons (Fsp3) is 0.194. The van der Waals surface area contributed by atoms with Gasteiger partial charge in [-0.2, -0.15) is 13.2 Å². The molecule has 5 rings (SSSR count). The number of aromatic nitrogens is 1. The number of nitrogens with zero attached hydrogens (tertiary/aromatic N) is 1. The lowest BCUT2D eigenvalue weighted by Crippen LogP contribution is -2.27. The van der Waals surface area contributed by atoms with Crippen molar-refractivity contribution in [3.63, 3.8) is 0 Å². The summed E-state index contributed by atoms with van der Waals surface area (Å²) in [6.45, 7) is 0.0220. The summed E-state index contributed by atoms with van der Waals surface area (Å²) in [5.41, 5.74) is 1.15. The number of nitrogens with one attached hydrogen (secondary N) is 1. The van der Waals surface area contributed by atoms with Crippen molar-refractivity contribution in [2.45, 2.75) is 31.5 Å². The molecule has 10 heteroatoms. The number of rotatable bonds is 9. The summed E-state index contributed by atoms with van der Waals surface area (Å²) in [4.78, 5) is 38.2. The van der Waals surface area contributed by atoms with Crippen LogP contribution in [-0.2, 0) is 23.9 Å². The first kappa shape index (κ1) is 27.8. The minimum Gasteiger partial charge on any atom is -0.493 e. The lowest BCUT2D eigenvalue weighted by atomic mass is 9.92.